The maximum absolute atomic E-state index is 8.03. The number of hydrogen-bond donors (Lipinski definition) is 4. The van der Waals surface area contributed by atoms with Crippen LogP contribution < -0.4 is 0 Å². The van der Waals surface area contributed by atoms with E-state index in [1.165, 1.54) is 27.7 Å². The van der Waals surface area contributed by atoms with Crippen LogP contribution in [0.5, 0.6) is 0 Å². The summed E-state index contributed by atoms with van der Waals surface area (Å²) in [5, 5.41) is 43.3. The zero-order valence-corrected chi connectivity index (χ0v) is 17.6. The van der Waals surface area contributed by atoms with Crippen molar-refractivity contribution in [1.29, 1.82) is 0 Å². The van der Waals surface area contributed by atoms with Crippen molar-refractivity contribution in [2.24, 2.45) is 20.6 Å². The van der Waals surface area contributed by atoms with E-state index < -0.39 is 0 Å². The fraction of sp³-hybridized carbons (Fsp3) is 0.278. The molecule has 0 saturated heterocycles. The van der Waals surface area contributed by atoms with Crippen LogP contribution in [0, 0.1) is 6.08 Å². The molecule has 0 spiro atoms. The number of aromatic nitrogens is 1. The van der Waals surface area contributed by atoms with Crippen LogP contribution in [0.2, 0.25) is 0 Å². The van der Waals surface area contributed by atoms with Crippen LogP contribution in [-0.2, 0) is 16.8 Å². The summed E-state index contributed by atoms with van der Waals surface area (Å²) in [6.45, 7) is 11.4. The molecular formula is C18H28CoN5O4-. The first-order chi connectivity index (χ1) is 12.9. The fourth-order valence-electron chi connectivity index (χ4n) is 0.720. The summed E-state index contributed by atoms with van der Waals surface area (Å²) >= 11 is 0. The van der Waals surface area contributed by atoms with Crippen molar-refractivity contribution in [1.82, 2.24) is 4.98 Å². The Hall–Kier alpha value is -2.98. The third-order valence-corrected chi connectivity index (χ3v) is 2.50. The van der Waals surface area contributed by atoms with Crippen molar-refractivity contribution in [3.8, 4) is 0 Å². The first-order valence-corrected chi connectivity index (χ1v) is 7.60. The number of hydrogen-bond acceptors (Lipinski definition) is 9. The average Bonchev–Trinajstić information content (AvgIpc) is 2.74. The first kappa shape index (κ1) is 32.7. The molecule has 0 fully saturated rings. The van der Waals surface area contributed by atoms with E-state index in [4.69, 9.17) is 20.8 Å². The van der Waals surface area contributed by atoms with E-state index >= 15 is 0 Å². The van der Waals surface area contributed by atoms with Gasteiger partial charge in [-0.1, -0.05) is 26.7 Å². The molecule has 0 unspecified atom stereocenters. The Kier molecular flexibility index (Phi) is 30.6. The van der Waals surface area contributed by atoms with Gasteiger partial charge >= 0.3 is 0 Å². The van der Waals surface area contributed by atoms with Crippen LogP contribution in [0.4, 0.5) is 0 Å². The van der Waals surface area contributed by atoms with Crippen molar-refractivity contribution in [3.05, 3.63) is 55.4 Å². The van der Waals surface area contributed by atoms with Gasteiger partial charge in [0.05, 0.1) is 0 Å². The van der Waals surface area contributed by atoms with E-state index in [1.807, 2.05) is 31.2 Å². The minimum absolute atomic E-state index is 0. The van der Waals surface area contributed by atoms with E-state index in [9.17, 15) is 0 Å². The number of allylic oxidation sites excluding steroid dienone is 3. The Bertz CT molecular complexity index is 539. The van der Waals surface area contributed by atoms with Gasteiger partial charge < -0.3 is 20.8 Å². The Morgan fingerprint density at radius 3 is 1.18 bits per heavy atom. The molecule has 0 atom stereocenters. The summed E-state index contributed by atoms with van der Waals surface area (Å²) < 4.78 is 0. The second-order valence-corrected chi connectivity index (χ2v) is 4.47. The van der Waals surface area contributed by atoms with Gasteiger partial charge in [0.1, 0.15) is 22.8 Å². The van der Waals surface area contributed by atoms with Gasteiger partial charge in [-0.15, -0.1) is 6.92 Å². The third-order valence-electron chi connectivity index (χ3n) is 2.50. The standard InChI is InChI=1S/C5H5N.C5H7.2C4H8N2O2.Co/c1-2-4-6-5-3-1;1-3-5-4-2;2*1-3(5-7)4(2)6-8;/h1-5H;4-5H,1H2,2H3;2*7-8H,1-2H3;/q;-1;;;/b;5-4+;2*5-3+,6-4+;. The second kappa shape index (κ2) is 26.2. The number of nitrogens with zero attached hydrogens (tertiary/aromatic N) is 5. The zero-order chi connectivity index (χ0) is 21.5. The van der Waals surface area contributed by atoms with E-state index in [2.05, 4.69) is 38.3 Å². The van der Waals surface area contributed by atoms with Crippen molar-refractivity contribution in [2.45, 2.75) is 34.6 Å². The Morgan fingerprint density at radius 2 is 1.11 bits per heavy atom. The van der Waals surface area contributed by atoms with Gasteiger partial charge in [0, 0.05) is 29.2 Å². The molecule has 0 bridgehead atoms. The molecule has 0 aliphatic heterocycles. The Labute approximate surface area is 176 Å². The predicted octanol–water partition coefficient (Wildman–Crippen LogP) is 4.00. The number of oxime groups is 4. The molecule has 0 amide bonds. The van der Waals surface area contributed by atoms with E-state index in [0.29, 0.717) is 22.8 Å². The largest absolute Gasteiger partial charge is 0.411 e. The quantitative estimate of drug-likeness (QED) is 0.186. The van der Waals surface area contributed by atoms with Crippen LogP contribution in [0.15, 0.2) is 69.9 Å². The summed E-state index contributed by atoms with van der Waals surface area (Å²) in [5.41, 5.74) is 1.25. The molecular weight excluding hydrogens is 409 g/mol. The Morgan fingerprint density at radius 1 is 0.786 bits per heavy atom. The molecule has 1 aromatic heterocycles. The monoisotopic (exact) mass is 437 g/mol. The van der Waals surface area contributed by atoms with Crippen LogP contribution in [0.25, 0.3) is 0 Å². The van der Waals surface area contributed by atoms with Gasteiger partial charge in [-0.05, 0) is 39.8 Å². The van der Waals surface area contributed by atoms with Crippen LogP contribution in [0.3, 0.4) is 0 Å². The van der Waals surface area contributed by atoms with Crippen molar-refractivity contribution in [3.63, 3.8) is 0 Å². The summed E-state index contributed by atoms with van der Waals surface area (Å²) in [5.74, 6) is 0. The smallest absolute Gasteiger partial charge is 0.101 e. The molecule has 0 aliphatic rings. The SMILES string of the molecule is C=[C-]/C=C/C.CC(=N\O)/C(C)=N/O.CC(=N\O)/C(C)=N/O.[Co].c1ccncc1. The average molecular weight is 437 g/mol. The van der Waals surface area contributed by atoms with Crippen molar-refractivity contribution in [2.75, 3.05) is 0 Å². The zero-order valence-electron chi connectivity index (χ0n) is 16.6. The molecule has 0 aliphatic carbocycles. The van der Waals surface area contributed by atoms with Gasteiger partial charge in [0.15, 0.2) is 0 Å². The maximum Gasteiger partial charge on any atom is 0.101 e. The Balaban J connectivity index is -0.000000138. The number of pyridine rings is 1. The summed E-state index contributed by atoms with van der Waals surface area (Å²) in [7, 11) is 0. The minimum atomic E-state index is 0. The van der Waals surface area contributed by atoms with E-state index in [1.54, 1.807) is 18.5 Å². The molecule has 1 rings (SSSR count). The first-order valence-electron chi connectivity index (χ1n) is 7.60. The molecule has 1 aromatic rings. The van der Waals surface area contributed by atoms with Crippen LogP contribution >= 0.6 is 0 Å². The topological polar surface area (TPSA) is 143 Å². The molecule has 28 heavy (non-hydrogen) atoms. The molecule has 1 radical (unpaired) electrons. The maximum atomic E-state index is 8.03. The third kappa shape index (κ3) is 25.3. The minimum Gasteiger partial charge on any atom is -0.411 e. The van der Waals surface area contributed by atoms with Crippen LogP contribution in [-0.4, -0.2) is 48.7 Å². The van der Waals surface area contributed by atoms with Gasteiger partial charge in [0.2, 0.25) is 0 Å². The molecule has 1 heterocycles. The summed E-state index contributed by atoms with van der Waals surface area (Å²) in [6, 6.07) is 5.72. The van der Waals surface area contributed by atoms with Gasteiger partial charge in [-0.25, -0.2) is 12.2 Å². The summed E-state index contributed by atoms with van der Waals surface area (Å²) in [4.78, 5) is 3.78. The molecule has 4 N–H and O–H groups in total. The molecule has 0 saturated carbocycles. The molecule has 159 valence electrons. The molecule has 10 heteroatoms. The number of rotatable bonds is 3. The van der Waals surface area contributed by atoms with Crippen molar-refractivity contribution < 1.29 is 37.6 Å². The molecule has 9 nitrogen and oxygen atoms in total. The van der Waals surface area contributed by atoms with Gasteiger partial charge in [-0.3, -0.25) is 11.1 Å². The van der Waals surface area contributed by atoms with Crippen LogP contribution in [0.1, 0.15) is 34.6 Å². The van der Waals surface area contributed by atoms with E-state index in [0.717, 1.165) is 0 Å². The van der Waals surface area contributed by atoms with Crippen molar-refractivity contribution >= 4 is 22.8 Å². The fourth-order valence-corrected chi connectivity index (χ4v) is 0.720. The second-order valence-electron chi connectivity index (χ2n) is 4.47. The normalized spacial score (nSPS) is 11.5. The van der Waals surface area contributed by atoms with E-state index in [-0.39, 0.29) is 16.8 Å². The summed E-state index contributed by atoms with van der Waals surface area (Å²) in [6.07, 6.45) is 9.73. The van der Waals surface area contributed by atoms with Gasteiger partial charge in [0.25, 0.3) is 0 Å². The van der Waals surface area contributed by atoms with Gasteiger partial charge in [-0.2, -0.15) is 6.58 Å². The molecule has 0 aromatic carbocycles. The predicted molar refractivity (Wildman–Crippen MR) is 108 cm³/mol.